The molecule has 3 heterocycles. The summed E-state index contributed by atoms with van der Waals surface area (Å²) in [6.07, 6.45) is 8.80. The predicted octanol–water partition coefficient (Wildman–Crippen LogP) is 3.85. The van der Waals surface area contributed by atoms with Crippen molar-refractivity contribution < 1.29 is 17.8 Å². The van der Waals surface area contributed by atoms with Crippen LogP contribution in [0.4, 0.5) is 14.5 Å². The van der Waals surface area contributed by atoms with Gasteiger partial charge in [0.2, 0.25) is 0 Å². The maximum absolute atomic E-state index is 12.4. The smallest absolute Gasteiger partial charge is 0.266 e. The van der Waals surface area contributed by atoms with Gasteiger partial charge in [0.1, 0.15) is 22.6 Å². The molecule has 0 radical (unpaired) electrons. The molecule has 1 saturated carbocycles. The number of nitrogens with zero attached hydrogens (tertiary/aromatic N) is 3. The van der Waals surface area contributed by atoms with E-state index in [1.165, 1.54) is 12.8 Å². The number of rotatable bonds is 4. The minimum absolute atomic E-state index is 0.112. The molecule has 0 spiro atoms. The second-order valence-electron chi connectivity index (χ2n) is 7.69. The fraction of sp³-hybridized carbons (Fsp3) is 0.364. The summed E-state index contributed by atoms with van der Waals surface area (Å²) in [4.78, 5) is 14.8. The topological polar surface area (TPSA) is 66.7 Å². The molecule has 1 N–H and O–H groups in total. The second kappa shape index (κ2) is 9.55. The molecule has 2 fully saturated rings. The van der Waals surface area contributed by atoms with E-state index in [0.717, 1.165) is 67.8 Å². The molecule has 3 aromatic rings. The van der Waals surface area contributed by atoms with Crippen LogP contribution in [0.5, 0.6) is 0 Å². The summed E-state index contributed by atoms with van der Waals surface area (Å²) in [5, 5.41) is 4.34. The zero-order chi connectivity index (χ0) is 21.8. The monoisotopic (exact) mass is 446 g/mol. The molecule has 1 aliphatic heterocycles. The molecule has 1 saturated heterocycles. The lowest BCUT2D eigenvalue weighted by molar-refractivity contribution is 0.0984. The standard InChI is InChI=1S/C16H20N4O2S.C6H4F2/c21-16(18-23(22)13-4-3-5-13)14-11-17-20-9-6-12(10-15(14)20)19-7-1-2-8-19;7-5-1-2-6(8)4-3-5/h6,9-11,13H,1-5,7-8H2,(H,18,21);1-4H. The summed E-state index contributed by atoms with van der Waals surface area (Å²) in [6, 6.07) is 8.34. The van der Waals surface area contributed by atoms with Gasteiger partial charge < -0.3 is 4.90 Å². The first-order valence-corrected chi connectivity index (χ1v) is 11.6. The van der Waals surface area contributed by atoms with E-state index < -0.39 is 22.6 Å². The lowest BCUT2D eigenvalue weighted by Gasteiger charge is -2.24. The molecule has 1 aromatic carbocycles. The van der Waals surface area contributed by atoms with Crippen LogP contribution in [0.2, 0.25) is 0 Å². The van der Waals surface area contributed by atoms with Crippen LogP contribution in [0, 0.1) is 11.6 Å². The lowest BCUT2D eigenvalue weighted by atomic mass is 10.0. The number of anilines is 1. The van der Waals surface area contributed by atoms with Crippen molar-refractivity contribution in [1.82, 2.24) is 14.3 Å². The van der Waals surface area contributed by atoms with E-state index in [2.05, 4.69) is 14.7 Å². The van der Waals surface area contributed by atoms with E-state index in [9.17, 15) is 17.8 Å². The Balaban J connectivity index is 0.000000245. The van der Waals surface area contributed by atoms with Gasteiger partial charge in [0.25, 0.3) is 5.91 Å². The number of nitrogens with one attached hydrogen (secondary N) is 1. The molecule has 2 aliphatic rings. The Morgan fingerprint density at radius 3 is 2.26 bits per heavy atom. The Labute approximate surface area is 181 Å². The van der Waals surface area contributed by atoms with Crippen molar-refractivity contribution in [2.24, 2.45) is 0 Å². The molecule has 0 bridgehead atoms. The molecule has 6 nitrogen and oxygen atoms in total. The molecular weight excluding hydrogens is 422 g/mol. The molecule has 164 valence electrons. The molecule has 1 aliphatic carbocycles. The first-order chi connectivity index (χ1) is 15.0. The molecule has 1 unspecified atom stereocenters. The number of carbonyl (C=O) groups excluding carboxylic acids is 1. The fourth-order valence-corrected chi connectivity index (χ4v) is 4.78. The number of benzene rings is 1. The lowest BCUT2D eigenvalue weighted by Crippen LogP contribution is -2.36. The molecule has 1 atom stereocenters. The molecule has 5 rings (SSSR count). The van der Waals surface area contributed by atoms with Gasteiger partial charge in [0.15, 0.2) is 0 Å². The number of fused-ring (bicyclic) bond motifs is 1. The SMILES string of the molecule is Fc1ccc(F)cc1.O=C(NS(=O)C1CCC1)c1cnn2ccc(N3CCCC3)cc12. The van der Waals surface area contributed by atoms with Gasteiger partial charge in [-0.05, 0) is 62.1 Å². The van der Waals surface area contributed by atoms with Gasteiger partial charge in [-0.2, -0.15) is 5.10 Å². The van der Waals surface area contributed by atoms with Crippen molar-refractivity contribution in [1.29, 1.82) is 0 Å². The zero-order valence-electron chi connectivity index (χ0n) is 17.0. The van der Waals surface area contributed by atoms with Crippen LogP contribution in [0.1, 0.15) is 42.5 Å². The summed E-state index contributed by atoms with van der Waals surface area (Å²) in [7, 11) is -1.29. The first kappa shape index (κ1) is 21.4. The summed E-state index contributed by atoms with van der Waals surface area (Å²) in [6.45, 7) is 2.11. The van der Waals surface area contributed by atoms with Crippen LogP contribution in [0.25, 0.3) is 5.52 Å². The number of hydrogen-bond acceptors (Lipinski definition) is 4. The van der Waals surface area contributed by atoms with Crippen molar-refractivity contribution in [3.05, 3.63) is 66.0 Å². The van der Waals surface area contributed by atoms with Gasteiger partial charge in [-0.3, -0.25) is 9.52 Å². The Bertz CT molecular complexity index is 1060. The van der Waals surface area contributed by atoms with Gasteiger partial charge in [-0.15, -0.1) is 0 Å². The van der Waals surface area contributed by atoms with Gasteiger partial charge in [-0.1, -0.05) is 6.42 Å². The molecule has 2 aromatic heterocycles. The van der Waals surface area contributed by atoms with E-state index >= 15 is 0 Å². The number of hydrogen-bond donors (Lipinski definition) is 1. The second-order valence-corrected chi connectivity index (χ2v) is 9.15. The fourth-order valence-electron chi connectivity index (χ4n) is 3.56. The van der Waals surface area contributed by atoms with Crippen molar-refractivity contribution in [3.63, 3.8) is 0 Å². The van der Waals surface area contributed by atoms with Crippen LogP contribution >= 0.6 is 0 Å². The molecular formula is C22H24F2N4O2S. The van der Waals surface area contributed by atoms with Gasteiger partial charge in [0, 0.05) is 25.0 Å². The van der Waals surface area contributed by atoms with E-state index in [1.54, 1.807) is 10.7 Å². The molecule has 9 heteroatoms. The summed E-state index contributed by atoms with van der Waals surface area (Å²) in [5.74, 6) is -1.12. The van der Waals surface area contributed by atoms with Gasteiger partial charge in [-0.25, -0.2) is 17.5 Å². The Morgan fingerprint density at radius 1 is 1.03 bits per heavy atom. The van der Waals surface area contributed by atoms with Crippen molar-refractivity contribution in [2.45, 2.75) is 37.4 Å². The van der Waals surface area contributed by atoms with E-state index in [4.69, 9.17) is 0 Å². The van der Waals surface area contributed by atoms with Gasteiger partial charge >= 0.3 is 0 Å². The van der Waals surface area contributed by atoms with Crippen LogP contribution in [0.15, 0.2) is 48.8 Å². The largest absolute Gasteiger partial charge is 0.371 e. The summed E-state index contributed by atoms with van der Waals surface area (Å²) < 4.78 is 40.3. The number of halogens is 2. The highest BCUT2D eigenvalue weighted by Crippen LogP contribution is 2.25. The average molecular weight is 447 g/mol. The maximum atomic E-state index is 12.4. The van der Waals surface area contributed by atoms with Crippen molar-refractivity contribution in [2.75, 3.05) is 18.0 Å². The summed E-state index contributed by atoms with van der Waals surface area (Å²) in [5.41, 5.74) is 2.36. The third-order valence-corrected chi connectivity index (χ3v) is 7.04. The quantitative estimate of drug-likeness (QED) is 0.661. The molecule has 31 heavy (non-hydrogen) atoms. The normalized spacial score (nSPS) is 17.0. The Kier molecular flexibility index (Phi) is 6.60. The van der Waals surface area contributed by atoms with Crippen LogP contribution in [-0.2, 0) is 11.0 Å². The Morgan fingerprint density at radius 2 is 1.68 bits per heavy atom. The van der Waals surface area contributed by atoms with Crippen molar-refractivity contribution in [3.8, 4) is 0 Å². The number of aromatic nitrogens is 2. The minimum atomic E-state index is -1.29. The highest BCUT2D eigenvalue weighted by atomic mass is 32.2. The molecule has 1 amide bonds. The third-order valence-electron chi connectivity index (χ3n) is 5.57. The first-order valence-electron chi connectivity index (χ1n) is 10.4. The zero-order valence-corrected chi connectivity index (χ0v) is 17.8. The number of pyridine rings is 1. The highest BCUT2D eigenvalue weighted by Gasteiger charge is 2.26. The Hall–Kier alpha value is -2.81. The van der Waals surface area contributed by atoms with Gasteiger partial charge in [0.05, 0.1) is 22.5 Å². The third kappa shape index (κ3) is 5.10. The average Bonchev–Trinajstić information content (AvgIpc) is 3.38. The predicted molar refractivity (Wildman–Crippen MR) is 116 cm³/mol. The van der Waals surface area contributed by atoms with Crippen LogP contribution in [0.3, 0.4) is 0 Å². The maximum Gasteiger partial charge on any atom is 0.266 e. The summed E-state index contributed by atoms with van der Waals surface area (Å²) >= 11 is 0. The minimum Gasteiger partial charge on any atom is -0.371 e. The van der Waals surface area contributed by atoms with E-state index in [0.29, 0.717) is 5.56 Å². The van der Waals surface area contributed by atoms with E-state index in [-0.39, 0.29) is 11.2 Å². The van der Waals surface area contributed by atoms with Crippen LogP contribution < -0.4 is 9.62 Å². The highest BCUT2D eigenvalue weighted by molar-refractivity contribution is 7.84. The van der Waals surface area contributed by atoms with Crippen molar-refractivity contribution >= 4 is 28.1 Å². The number of carbonyl (C=O) groups is 1. The van der Waals surface area contributed by atoms with Crippen LogP contribution in [-0.4, -0.2) is 38.1 Å². The number of amides is 1. The van der Waals surface area contributed by atoms with E-state index in [1.807, 2.05) is 18.3 Å².